The molecule has 0 fully saturated rings. The van der Waals surface area contributed by atoms with Gasteiger partial charge in [0.25, 0.3) is 0 Å². The number of aromatic nitrogens is 2. The Morgan fingerprint density at radius 2 is 1.52 bits per heavy atom. The van der Waals surface area contributed by atoms with Crippen molar-refractivity contribution in [2.24, 2.45) is 12.0 Å². The van der Waals surface area contributed by atoms with Crippen molar-refractivity contribution in [3.05, 3.63) is 93.6 Å². The van der Waals surface area contributed by atoms with Crippen LogP contribution in [0.4, 0.5) is 5.69 Å². The van der Waals surface area contributed by atoms with Gasteiger partial charge in [-0.2, -0.15) is 0 Å². The Hall–Kier alpha value is -2.86. The summed E-state index contributed by atoms with van der Waals surface area (Å²) in [5.41, 5.74) is 7.46. The topological polar surface area (TPSA) is 62.7 Å². The maximum absolute atomic E-state index is 9.99. The Balaban J connectivity index is 1.92. The monoisotopic (exact) mass is 463 g/mol. The fourth-order valence-electron chi connectivity index (χ4n) is 4.12. The number of rotatable bonds is 5. The lowest BCUT2D eigenvalue weighted by Gasteiger charge is -2.18. The minimum Gasteiger partial charge on any atom is -0.392 e. The standard InChI is InChI=1S/C27H30ClN3O2/c1-27(2,3)21-9-11-23(12-10-21)29-26-30(4)25-20(17-33)13-22(28)14-24(25)31(26)15-18-5-7-19(16-32)8-6-18/h5-14,32-33H,15-17H2,1-4H3. The number of aliphatic hydroxyl groups is 2. The summed E-state index contributed by atoms with van der Waals surface area (Å²) in [4.78, 5) is 5.00. The summed E-state index contributed by atoms with van der Waals surface area (Å²) in [7, 11) is 1.96. The lowest BCUT2D eigenvalue weighted by atomic mass is 9.87. The average Bonchev–Trinajstić information content (AvgIpc) is 3.04. The van der Waals surface area contributed by atoms with Gasteiger partial charge in [-0.3, -0.25) is 0 Å². The van der Waals surface area contributed by atoms with E-state index in [1.165, 1.54) is 5.56 Å². The predicted molar refractivity (Wildman–Crippen MR) is 134 cm³/mol. The largest absolute Gasteiger partial charge is 0.392 e. The van der Waals surface area contributed by atoms with Crippen LogP contribution in [0.5, 0.6) is 0 Å². The van der Waals surface area contributed by atoms with Gasteiger partial charge in [0, 0.05) is 17.6 Å². The maximum atomic E-state index is 9.99. The third-order valence-corrected chi connectivity index (χ3v) is 6.20. The SMILES string of the molecule is Cn1c(=Nc2ccc(C(C)(C)C)cc2)n(Cc2ccc(CO)cc2)c2cc(Cl)cc(CO)c21. The van der Waals surface area contributed by atoms with E-state index in [0.717, 1.165) is 39.0 Å². The van der Waals surface area contributed by atoms with Crippen LogP contribution in [0.15, 0.2) is 65.7 Å². The molecular formula is C27H30ClN3O2. The molecule has 0 amide bonds. The van der Waals surface area contributed by atoms with Crippen molar-refractivity contribution in [2.75, 3.05) is 0 Å². The zero-order valence-electron chi connectivity index (χ0n) is 19.5. The average molecular weight is 464 g/mol. The highest BCUT2D eigenvalue weighted by atomic mass is 35.5. The molecule has 6 heteroatoms. The van der Waals surface area contributed by atoms with Crippen LogP contribution >= 0.6 is 11.6 Å². The first kappa shape index (κ1) is 23.3. The number of nitrogens with zero attached hydrogens (tertiary/aromatic N) is 3. The summed E-state index contributed by atoms with van der Waals surface area (Å²) >= 11 is 6.41. The number of hydrogen-bond donors (Lipinski definition) is 2. The van der Waals surface area contributed by atoms with E-state index in [2.05, 4.69) is 37.5 Å². The van der Waals surface area contributed by atoms with Gasteiger partial charge in [-0.15, -0.1) is 0 Å². The number of aryl methyl sites for hydroxylation is 1. The van der Waals surface area contributed by atoms with Crippen molar-refractivity contribution in [2.45, 2.75) is 45.9 Å². The van der Waals surface area contributed by atoms with Gasteiger partial charge in [0.1, 0.15) is 0 Å². The van der Waals surface area contributed by atoms with Crippen molar-refractivity contribution in [1.29, 1.82) is 0 Å². The summed E-state index contributed by atoms with van der Waals surface area (Å²) in [6, 6.07) is 19.9. The number of hydrogen-bond acceptors (Lipinski definition) is 3. The van der Waals surface area contributed by atoms with E-state index < -0.39 is 0 Å². The molecule has 0 atom stereocenters. The third-order valence-electron chi connectivity index (χ3n) is 5.98. The van der Waals surface area contributed by atoms with Crippen LogP contribution in [0.3, 0.4) is 0 Å². The lowest BCUT2D eigenvalue weighted by molar-refractivity contribution is 0.282. The second-order valence-corrected chi connectivity index (χ2v) is 9.86. The predicted octanol–water partition coefficient (Wildman–Crippen LogP) is 5.20. The minimum atomic E-state index is -0.111. The minimum absolute atomic E-state index is 0.0162. The number of imidazole rings is 1. The van der Waals surface area contributed by atoms with Crippen LogP contribution in [-0.4, -0.2) is 19.3 Å². The Bertz CT molecular complexity index is 1340. The Morgan fingerprint density at radius 1 is 0.879 bits per heavy atom. The summed E-state index contributed by atoms with van der Waals surface area (Å²) in [5, 5.41) is 19.9. The first-order valence-corrected chi connectivity index (χ1v) is 11.4. The van der Waals surface area contributed by atoms with Crippen molar-refractivity contribution in [3.63, 3.8) is 0 Å². The quantitative estimate of drug-likeness (QED) is 0.427. The van der Waals surface area contributed by atoms with E-state index in [4.69, 9.17) is 16.6 Å². The van der Waals surface area contributed by atoms with Crippen molar-refractivity contribution in [3.8, 4) is 0 Å². The van der Waals surface area contributed by atoms with Gasteiger partial charge in [-0.1, -0.05) is 68.8 Å². The number of aliphatic hydroxyl groups excluding tert-OH is 2. The zero-order valence-corrected chi connectivity index (χ0v) is 20.3. The third kappa shape index (κ3) is 4.76. The number of halogens is 1. The molecule has 5 nitrogen and oxygen atoms in total. The fraction of sp³-hybridized carbons (Fsp3) is 0.296. The van der Waals surface area contributed by atoms with Gasteiger partial charge in [-0.25, -0.2) is 4.99 Å². The molecule has 172 valence electrons. The van der Waals surface area contributed by atoms with Gasteiger partial charge < -0.3 is 19.3 Å². The highest BCUT2D eigenvalue weighted by Crippen LogP contribution is 2.26. The van der Waals surface area contributed by atoms with E-state index in [1.54, 1.807) is 6.07 Å². The van der Waals surface area contributed by atoms with E-state index in [-0.39, 0.29) is 18.6 Å². The summed E-state index contributed by atoms with van der Waals surface area (Å²) < 4.78 is 4.13. The second kappa shape index (κ2) is 9.18. The van der Waals surface area contributed by atoms with Crippen LogP contribution in [0.25, 0.3) is 11.0 Å². The number of benzene rings is 3. The molecule has 0 radical (unpaired) electrons. The van der Waals surface area contributed by atoms with Crippen LogP contribution < -0.4 is 5.62 Å². The molecule has 2 N–H and O–H groups in total. The van der Waals surface area contributed by atoms with E-state index in [1.807, 2.05) is 54.1 Å². The van der Waals surface area contributed by atoms with Gasteiger partial charge in [-0.05, 0) is 46.4 Å². The summed E-state index contributed by atoms with van der Waals surface area (Å²) in [5.74, 6) is 0. The van der Waals surface area contributed by atoms with Gasteiger partial charge in [0.05, 0.1) is 36.5 Å². The van der Waals surface area contributed by atoms with Crippen molar-refractivity contribution >= 4 is 28.3 Å². The number of fused-ring (bicyclic) bond motifs is 1. The smallest absolute Gasteiger partial charge is 0.211 e. The maximum Gasteiger partial charge on any atom is 0.211 e. The van der Waals surface area contributed by atoms with E-state index in [0.29, 0.717) is 11.6 Å². The molecule has 4 rings (SSSR count). The molecule has 0 aliphatic rings. The van der Waals surface area contributed by atoms with Crippen LogP contribution in [-0.2, 0) is 32.2 Å². The van der Waals surface area contributed by atoms with Crippen LogP contribution in [0, 0.1) is 0 Å². The van der Waals surface area contributed by atoms with Crippen LogP contribution in [0.1, 0.15) is 43.0 Å². The molecule has 4 aromatic rings. The lowest BCUT2D eigenvalue weighted by Crippen LogP contribution is -2.24. The van der Waals surface area contributed by atoms with Gasteiger partial charge in [0.2, 0.25) is 5.62 Å². The Morgan fingerprint density at radius 3 is 2.09 bits per heavy atom. The normalized spacial score (nSPS) is 12.6. The second-order valence-electron chi connectivity index (χ2n) is 9.42. The molecule has 3 aromatic carbocycles. The molecule has 0 saturated heterocycles. The Kier molecular flexibility index (Phi) is 6.48. The fourth-order valence-corrected chi connectivity index (χ4v) is 4.35. The molecule has 1 aromatic heterocycles. The molecule has 0 unspecified atom stereocenters. The molecule has 1 heterocycles. The van der Waals surface area contributed by atoms with Crippen molar-refractivity contribution in [1.82, 2.24) is 9.13 Å². The molecule has 0 aliphatic carbocycles. The molecule has 0 aliphatic heterocycles. The molecule has 0 bridgehead atoms. The molecule has 0 spiro atoms. The van der Waals surface area contributed by atoms with Crippen molar-refractivity contribution < 1.29 is 10.2 Å². The Labute approximate surface area is 199 Å². The van der Waals surface area contributed by atoms with E-state index in [9.17, 15) is 10.2 Å². The first-order chi connectivity index (χ1) is 15.7. The highest BCUT2D eigenvalue weighted by Gasteiger charge is 2.16. The first-order valence-electron chi connectivity index (χ1n) is 11.0. The molecular weight excluding hydrogens is 434 g/mol. The zero-order chi connectivity index (χ0) is 23.8. The highest BCUT2D eigenvalue weighted by molar-refractivity contribution is 6.31. The summed E-state index contributed by atoms with van der Waals surface area (Å²) in [6.07, 6.45) is 0. The molecule has 0 saturated carbocycles. The van der Waals surface area contributed by atoms with E-state index >= 15 is 0 Å². The van der Waals surface area contributed by atoms with Gasteiger partial charge in [0.15, 0.2) is 0 Å². The summed E-state index contributed by atoms with van der Waals surface area (Å²) in [6.45, 7) is 7.06. The molecule has 33 heavy (non-hydrogen) atoms. The van der Waals surface area contributed by atoms with Gasteiger partial charge >= 0.3 is 0 Å². The van der Waals surface area contributed by atoms with Crippen LogP contribution in [0.2, 0.25) is 5.02 Å².